The Morgan fingerprint density at radius 2 is 2.26 bits per heavy atom. The normalized spacial score (nSPS) is 12.4. The van der Waals surface area contributed by atoms with Gasteiger partial charge in [-0.3, -0.25) is 0 Å². The minimum Gasteiger partial charge on any atom is -0.507 e. The molecule has 0 saturated heterocycles. The number of aromatic nitrogens is 1. The molecule has 0 radical (unpaired) electrons. The molecule has 1 heterocycles. The highest BCUT2D eigenvalue weighted by molar-refractivity contribution is 7.11. The molecule has 1 aromatic heterocycles. The maximum absolute atomic E-state index is 9.88. The van der Waals surface area contributed by atoms with Gasteiger partial charge in [-0.05, 0) is 19.9 Å². The molecular formula is C14H18N2O2S. The third-order valence-electron chi connectivity index (χ3n) is 2.90. The fourth-order valence-electron chi connectivity index (χ4n) is 1.74. The van der Waals surface area contributed by atoms with Crippen LogP contribution >= 0.6 is 11.3 Å². The maximum Gasteiger partial charge on any atom is 0.123 e. The third-order valence-corrected chi connectivity index (χ3v) is 4.00. The average Bonchev–Trinajstić information content (AvgIpc) is 2.83. The Balaban J connectivity index is 1.98. The number of aromatic hydroxyl groups is 1. The van der Waals surface area contributed by atoms with Crippen molar-refractivity contribution >= 4 is 11.3 Å². The smallest absolute Gasteiger partial charge is 0.123 e. The van der Waals surface area contributed by atoms with E-state index in [1.54, 1.807) is 24.5 Å². The van der Waals surface area contributed by atoms with Crippen LogP contribution in [0.4, 0.5) is 0 Å². The van der Waals surface area contributed by atoms with E-state index in [4.69, 9.17) is 4.74 Å². The van der Waals surface area contributed by atoms with E-state index in [1.807, 2.05) is 25.3 Å². The Bertz CT molecular complexity index is 554. The maximum atomic E-state index is 9.88. The number of nitrogens with one attached hydrogen (secondary N) is 1. The van der Waals surface area contributed by atoms with Gasteiger partial charge in [0.15, 0.2) is 0 Å². The van der Waals surface area contributed by atoms with Crippen molar-refractivity contribution < 1.29 is 9.84 Å². The van der Waals surface area contributed by atoms with Gasteiger partial charge in [-0.25, -0.2) is 4.98 Å². The monoisotopic (exact) mass is 278 g/mol. The number of nitrogens with zero attached hydrogens (tertiary/aromatic N) is 1. The van der Waals surface area contributed by atoms with Crippen molar-refractivity contribution in [1.82, 2.24) is 10.3 Å². The summed E-state index contributed by atoms with van der Waals surface area (Å²) in [5.41, 5.74) is 0.848. The minimum atomic E-state index is 0.167. The molecule has 1 aromatic carbocycles. The van der Waals surface area contributed by atoms with Gasteiger partial charge in [0.05, 0.1) is 13.2 Å². The van der Waals surface area contributed by atoms with E-state index in [0.29, 0.717) is 12.3 Å². The molecule has 2 rings (SSSR count). The summed E-state index contributed by atoms with van der Waals surface area (Å²) in [6, 6.07) is 5.49. The van der Waals surface area contributed by atoms with Crippen molar-refractivity contribution in [1.29, 1.82) is 0 Å². The number of thiazole rings is 1. The van der Waals surface area contributed by atoms with Crippen molar-refractivity contribution in [3.05, 3.63) is 39.8 Å². The van der Waals surface area contributed by atoms with Crippen molar-refractivity contribution in [2.24, 2.45) is 0 Å². The van der Waals surface area contributed by atoms with Crippen LogP contribution in [0.1, 0.15) is 28.4 Å². The molecule has 1 atom stereocenters. The van der Waals surface area contributed by atoms with Crippen LogP contribution in [0.15, 0.2) is 24.4 Å². The molecule has 0 aliphatic rings. The van der Waals surface area contributed by atoms with Crippen molar-refractivity contribution in [2.45, 2.75) is 26.4 Å². The predicted octanol–water partition coefficient (Wildman–Crippen LogP) is 3.02. The Labute approximate surface area is 117 Å². The molecule has 5 heteroatoms. The first-order valence-electron chi connectivity index (χ1n) is 6.11. The lowest BCUT2D eigenvalue weighted by atomic mass is 10.2. The quantitative estimate of drug-likeness (QED) is 0.882. The lowest BCUT2D eigenvalue weighted by Crippen LogP contribution is -2.17. The van der Waals surface area contributed by atoms with Crippen molar-refractivity contribution in [3.8, 4) is 11.5 Å². The van der Waals surface area contributed by atoms with Gasteiger partial charge in [-0.15, -0.1) is 11.3 Å². The van der Waals surface area contributed by atoms with E-state index in [1.165, 1.54) is 4.88 Å². The Kier molecular flexibility index (Phi) is 4.39. The van der Waals surface area contributed by atoms with E-state index >= 15 is 0 Å². The van der Waals surface area contributed by atoms with Gasteiger partial charge >= 0.3 is 0 Å². The van der Waals surface area contributed by atoms with E-state index in [9.17, 15) is 5.11 Å². The van der Waals surface area contributed by atoms with Gasteiger partial charge < -0.3 is 15.2 Å². The Morgan fingerprint density at radius 3 is 2.84 bits per heavy atom. The van der Waals surface area contributed by atoms with E-state index in [2.05, 4.69) is 17.2 Å². The zero-order valence-electron chi connectivity index (χ0n) is 11.3. The van der Waals surface area contributed by atoms with Crippen LogP contribution in [0.3, 0.4) is 0 Å². The highest BCUT2D eigenvalue weighted by atomic mass is 32.1. The van der Waals surface area contributed by atoms with Gasteiger partial charge in [0.2, 0.25) is 0 Å². The molecule has 0 amide bonds. The van der Waals surface area contributed by atoms with Crippen LogP contribution in [0.25, 0.3) is 0 Å². The first-order chi connectivity index (χ1) is 9.10. The van der Waals surface area contributed by atoms with E-state index in [0.717, 1.165) is 10.6 Å². The fraction of sp³-hybridized carbons (Fsp3) is 0.357. The molecular weight excluding hydrogens is 260 g/mol. The Morgan fingerprint density at radius 1 is 1.47 bits per heavy atom. The molecule has 0 saturated carbocycles. The van der Waals surface area contributed by atoms with Crippen molar-refractivity contribution in [3.63, 3.8) is 0 Å². The fourth-order valence-corrected chi connectivity index (χ4v) is 2.54. The third kappa shape index (κ3) is 3.45. The number of methoxy groups -OCH3 is 1. The lowest BCUT2D eigenvalue weighted by molar-refractivity contribution is 0.405. The number of phenols is 1. The Hall–Kier alpha value is -1.59. The van der Waals surface area contributed by atoms with Gasteiger partial charge in [0, 0.05) is 29.2 Å². The highest BCUT2D eigenvalue weighted by Crippen LogP contribution is 2.24. The molecule has 2 N–H and O–H groups in total. The summed E-state index contributed by atoms with van der Waals surface area (Å²) in [7, 11) is 1.58. The van der Waals surface area contributed by atoms with Crippen molar-refractivity contribution in [2.75, 3.05) is 7.11 Å². The number of aryl methyl sites for hydroxylation is 1. The summed E-state index contributed by atoms with van der Waals surface area (Å²) >= 11 is 1.69. The molecule has 0 spiro atoms. The number of hydrogen-bond donors (Lipinski definition) is 2. The SMILES string of the molecule is COc1ccc(CNC(C)c2ncc(C)s2)c(O)c1. The molecule has 102 valence electrons. The van der Waals surface area contributed by atoms with Gasteiger partial charge in [0.1, 0.15) is 16.5 Å². The summed E-state index contributed by atoms with van der Waals surface area (Å²) in [6.45, 7) is 4.71. The highest BCUT2D eigenvalue weighted by Gasteiger charge is 2.10. The van der Waals surface area contributed by atoms with Gasteiger partial charge in [-0.1, -0.05) is 6.07 Å². The molecule has 0 aliphatic carbocycles. The largest absolute Gasteiger partial charge is 0.507 e. The topological polar surface area (TPSA) is 54.4 Å². The molecule has 1 unspecified atom stereocenters. The van der Waals surface area contributed by atoms with Crippen LogP contribution in [-0.4, -0.2) is 17.2 Å². The number of ether oxygens (including phenoxy) is 1. The summed E-state index contributed by atoms with van der Waals surface area (Å²) < 4.78 is 5.06. The zero-order valence-corrected chi connectivity index (χ0v) is 12.1. The first kappa shape index (κ1) is 13.8. The molecule has 0 fully saturated rings. The standard InChI is InChI=1S/C14H18N2O2S/c1-9-7-16-14(19-9)10(2)15-8-11-4-5-12(18-3)6-13(11)17/h4-7,10,15,17H,8H2,1-3H3. The average molecular weight is 278 g/mol. The number of rotatable bonds is 5. The van der Waals surface area contributed by atoms with Crippen LogP contribution in [0.2, 0.25) is 0 Å². The number of phenolic OH excluding ortho intramolecular Hbond substituents is 1. The summed E-state index contributed by atoms with van der Waals surface area (Å²) in [4.78, 5) is 5.56. The van der Waals surface area contributed by atoms with E-state index in [-0.39, 0.29) is 11.8 Å². The molecule has 2 aromatic rings. The second-order valence-corrected chi connectivity index (χ2v) is 5.67. The molecule has 0 bridgehead atoms. The second-order valence-electron chi connectivity index (χ2n) is 4.41. The molecule has 4 nitrogen and oxygen atoms in total. The van der Waals surface area contributed by atoms with Gasteiger partial charge in [0.25, 0.3) is 0 Å². The summed E-state index contributed by atoms with van der Waals surface area (Å²) in [5.74, 6) is 0.902. The minimum absolute atomic E-state index is 0.167. The predicted molar refractivity (Wildman–Crippen MR) is 76.8 cm³/mol. The lowest BCUT2D eigenvalue weighted by Gasteiger charge is -2.12. The zero-order chi connectivity index (χ0) is 13.8. The van der Waals surface area contributed by atoms with Crippen LogP contribution < -0.4 is 10.1 Å². The molecule has 19 heavy (non-hydrogen) atoms. The summed E-state index contributed by atoms with van der Waals surface area (Å²) in [6.07, 6.45) is 1.88. The summed E-state index contributed by atoms with van der Waals surface area (Å²) in [5, 5.41) is 14.3. The van der Waals surface area contributed by atoms with Gasteiger partial charge in [-0.2, -0.15) is 0 Å². The molecule has 0 aliphatic heterocycles. The number of hydrogen-bond acceptors (Lipinski definition) is 5. The van der Waals surface area contributed by atoms with Crippen LogP contribution in [0, 0.1) is 6.92 Å². The van der Waals surface area contributed by atoms with Crippen LogP contribution in [0.5, 0.6) is 11.5 Å². The van der Waals surface area contributed by atoms with Crippen LogP contribution in [-0.2, 0) is 6.54 Å². The van der Waals surface area contributed by atoms with E-state index < -0.39 is 0 Å². The number of benzene rings is 1. The first-order valence-corrected chi connectivity index (χ1v) is 6.93. The second kappa shape index (κ2) is 6.04.